The smallest absolute Gasteiger partial charge is 0.333 e. The van der Waals surface area contributed by atoms with Crippen LogP contribution in [-0.2, 0) is 6.54 Å². The van der Waals surface area contributed by atoms with Crippen LogP contribution in [0.5, 0.6) is 0 Å². The number of aryl methyl sites for hydroxylation is 1. The van der Waals surface area contributed by atoms with Gasteiger partial charge >= 0.3 is 5.69 Å². The molecule has 0 radical (unpaired) electrons. The van der Waals surface area contributed by atoms with E-state index >= 15 is 0 Å². The van der Waals surface area contributed by atoms with Crippen LogP contribution in [-0.4, -0.2) is 44.0 Å². The summed E-state index contributed by atoms with van der Waals surface area (Å²) in [6, 6.07) is 12.7. The second-order valence-electron chi connectivity index (χ2n) is 9.67. The molecule has 38 heavy (non-hydrogen) atoms. The average Bonchev–Trinajstić information content (AvgIpc) is 3.21. The molecule has 3 heterocycles. The molecular weight excluding hydrogens is 504 g/mol. The third-order valence-electron chi connectivity index (χ3n) is 7.22. The molecule has 1 saturated carbocycles. The average molecular weight is 533 g/mol. The van der Waals surface area contributed by atoms with E-state index in [0.29, 0.717) is 34.4 Å². The summed E-state index contributed by atoms with van der Waals surface area (Å²) in [5.74, 6) is -0.170. The molecule has 2 N–H and O–H groups in total. The van der Waals surface area contributed by atoms with Crippen LogP contribution in [0.4, 0.5) is 0 Å². The summed E-state index contributed by atoms with van der Waals surface area (Å²) in [6.07, 6.45) is 6.51. The Morgan fingerprint density at radius 2 is 1.76 bits per heavy atom. The number of amides is 2. The zero-order valence-electron chi connectivity index (χ0n) is 21.3. The minimum atomic E-state index is -0.311. The Labute approximate surface area is 224 Å². The number of hydrogen-bond donors (Lipinski definition) is 2. The highest BCUT2D eigenvalue weighted by Crippen LogP contribution is 2.28. The van der Waals surface area contributed by atoms with Gasteiger partial charge in [0, 0.05) is 32.0 Å². The van der Waals surface area contributed by atoms with Gasteiger partial charge in [-0.05, 0) is 68.9 Å². The monoisotopic (exact) mass is 532 g/mol. The zero-order chi connectivity index (χ0) is 26.8. The molecule has 0 spiro atoms. The SMILES string of the molecule is CNC(=O)c1cc(-n2c(=O)n(CC3CCC(NC(=O)c4cc(Cl)cnc4C)CC3)c3ccccc32)ccn1. The summed E-state index contributed by atoms with van der Waals surface area (Å²) >= 11 is 6.03. The van der Waals surface area contributed by atoms with Crippen molar-refractivity contribution in [3.63, 3.8) is 0 Å². The highest BCUT2D eigenvalue weighted by Gasteiger charge is 2.26. The van der Waals surface area contributed by atoms with E-state index in [2.05, 4.69) is 20.6 Å². The number of hydrogen-bond acceptors (Lipinski definition) is 5. The molecule has 1 fully saturated rings. The van der Waals surface area contributed by atoms with E-state index in [0.717, 1.165) is 36.7 Å². The third-order valence-corrected chi connectivity index (χ3v) is 7.42. The van der Waals surface area contributed by atoms with E-state index < -0.39 is 0 Å². The van der Waals surface area contributed by atoms with Gasteiger partial charge in [-0.25, -0.2) is 4.79 Å². The number of nitrogens with one attached hydrogen (secondary N) is 2. The standard InChI is InChI=1S/C28H29ClN6O3/c1-17-22(13-19(29)15-32-17)26(36)33-20-9-7-18(8-10-20)16-34-24-5-3-4-6-25(24)35(28(34)38)21-11-12-31-23(14-21)27(37)30-2/h3-6,11-15,18,20H,7-10,16H2,1-2H3,(H,30,37)(H,33,36). The van der Waals surface area contributed by atoms with E-state index in [9.17, 15) is 14.4 Å². The number of pyridine rings is 2. The molecule has 5 rings (SSSR count). The van der Waals surface area contributed by atoms with Crippen molar-refractivity contribution in [3.05, 3.63) is 87.3 Å². The number of halogens is 1. The van der Waals surface area contributed by atoms with E-state index in [4.69, 9.17) is 11.6 Å². The van der Waals surface area contributed by atoms with Gasteiger partial charge in [0.25, 0.3) is 11.8 Å². The number of benzene rings is 1. The van der Waals surface area contributed by atoms with E-state index in [1.165, 1.54) is 12.4 Å². The van der Waals surface area contributed by atoms with Crippen molar-refractivity contribution in [3.8, 4) is 5.69 Å². The van der Waals surface area contributed by atoms with Gasteiger partial charge in [0.1, 0.15) is 5.69 Å². The number of imidazole rings is 1. The molecular formula is C28H29ClN6O3. The van der Waals surface area contributed by atoms with Crippen molar-refractivity contribution in [2.24, 2.45) is 5.92 Å². The Hall–Kier alpha value is -3.98. The highest BCUT2D eigenvalue weighted by molar-refractivity contribution is 6.30. The van der Waals surface area contributed by atoms with Crippen LogP contribution in [0.25, 0.3) is 16.7 Å². The lowest BCUT2D eigenvalue weighted by atomic mass is 9.85. The number of fused-ring (bicyclic) bond motifs is 1. The minimum Gasteiger partial charge on any atom is -0.354 e. The number of aromatic nitrogens is 4. The van der Waals surface area contributed by atoms with Crippen molar-refractivity contribution in [1.29, 1.82) is 0 Å². The lowest BCUT2D eigenvalue weighted by molar-refractivity contribution is 0.0917. The largest absolute Gasteiger partial charge is 0.354 e. The molecule has 0 atom stereocenters. The van der Waals surface area contributed by atoms with Gasteiger partial charge in [-0.15, -0.1) is 0 Å². The number of nitrogens with zero attached hydrogens (tertiary/aromatic N) is 4. The van der Waals surface area contributed by atoms with Crippen LogP contribution in [0.3, 0.4) is 0 Å². The maximum absolute atomic E-state index is 13.7. The van der Waals surface area contributed by atoms with Crippen molar-refractivity contribution in [2.75, 3.05) is 7.05 Å². The summed E-state index contributed by atoms with van der Waals surface area (Å²) in [7, 11) is 1.55. The second kappa shape index (κ2) is 10.8. The fourth-order valence-corrected chi connectivity index (χ4v) is 5.35. The predicted octanol–water partition coefficient (Wildman–Crippen LogP) is 3.89. The Bertz CT molecular complexity index is 1570. The lowest BCUT2D eigenvalue weighted by Gasteiger charge is -2.29. The van der Waals surface area contributed by atoms with Crippen LogP contribution < -0.4 is 16.3 Å². The summed E-state index contributed by atoms with van der Waals surface area (Å²) < 4.78 is 3.45. The summed E-state index contributed by atoms with van der Waals surface area (Å²) in [5.41, 5.74) is 3.45. The number of carbonyl (C=O) groups is 2. The Kier molecular flexibility index (Phi) is 7.28. The second-order valence-corrected chi connectivity index (χ2v) is 10.1. The zero-order valence-corrected chi connectivity index (χ0v) is 22.0. The quantitative estimate of drug-likeness (QED) is 0.391. The first kappa shape index (κ1) is 25.7. The first-order valence-corrected chi connectivity index (χ1v) is 13.0. The fourth-order valence-electron chi connectivity index (χ4n) is 5.19. The van der Waals surface area contributed by atoms with Gasteiger partial charge < -0.3 is 10.6 Å². The van der Waals surface area contributed by atoms with Crippen LogP contribution in [0, 0.1) is 12.8 Å². The predicted molar refractivity (Wildman–Crippen MR) is 146 cm³/mol. The molecule has 1 aromatic carbocycles. The van der Waals surface area contributed by atoms with Crippen LogP contribution >= 0.6 is 11.6 Å². The fraction of sp³-hybridized carbons (Fsp3) is 0.321. The van der Waals surface area contributed by atoms with Crippen LogP contribution in [0.15, 0.2) is 59.7 Å². The van der Waals surface area contributed by atoms with Gasteiger partial charge in [0.05, 0.1) is 33.0 Å². The third kappa shape index (κ3) is 5.06. The van der Waals surface area contributed by atoms with Gasteiger partial charge in [-0.2, -0.15) is 0 Å². The lowest BCUT2D eigenvalue weighted by Crippen LogP contribution is -2.39. The number of rotatable bonds is 6. The minimum absolute atomic E-state index is 0.0650. The van der Waals surface area contributed by atoms with Gasteiger partial charge in [0.15, 0.2) is 0 Å². The first-order chi connectivity index (χ1) is 18.4. The Balaban J connectivity index is 1.33. The van der Waals surface area contributed by atoms with Crippen molar-refractivity contribution >= 4 is 34.4 Å². The van der Waals surface area contributed by atoms with Crippen molar-refractivity contribution in [2.45, 2.75) is 45.2 Å². The van der Waals surface area contributed by atoms with E-state index in [1.807, 2.05) is 28.8 Å². The van der Waals surface area contributed by atoms with Gasteiger partial charge in [0.2, 0.25) is 0 Å². The van der Waals surface area contributed by atoms with Crippen molar-refractivity contribution in [1.82, 2.24) is 29.7 Å². The van der Waals surface area contributed by atoms with E-state index in [-0.39, 0.29) is 29.2 Å². The molecule has 4 aromatic rings. The molecule has 0 saturated heterocycles. The van der Waals surface area contributed by atoms with Gasteiger partial charge in [-0.1, -0.05) is 23.7 Å². The summed E-state index contributed by atoms with van der Waals surface area (Å²) in [6.45, 7) is 2.37. The summed E-state index contributed by atoms with van der Waals surface area (Å²) in [5, 5.41) is 6.13. The normalized spacial score (nSPS) is 17.3. The molecule has 0 aliphatic heterocycles. The molecule has 3 aromatic heterocycles. The topological polar surface area (TPSA) is 111 Å². The molecule has 1 aliphatic rings. The van der Waals surface area contributed by atoms with Crippen molar-refractivity contribution < 1.29 is 9.59 Å². The maximum Gasteiger partial charge on any atom is 0.333 e. The highest BCUT2D eigenvalue weighted by atomic mass is 35.5. The summed E-state index contributed by atoms with van der Waals surface area (Å²) in [4.78, 5) is 46.9. The number of para-hydroxylation sites is 2. The molecule has 10 heteroatoms. The van der Waals surface area contributed by atoms with E-state index in [1.54, 1.807) is 36.7 Å². The number of carbonyl (C=O) groups excluding carboxylic acids is 2. The Morgan fingerprint density at radius 1 is 1.03 bits per heavy atom. The molecule has 196 valence electrons. The molecule has 9 nitrogen and oxygen atoms in total. The van der Waals surface area contributed by atoms with Gasteiger partial charge in [-0.3, -0.25) is 28.7 Å². The first-order valence-electron chi connectivity index (χ1n) is 12.7. The maximum atomic E-state index is 13.7. The molecule has 1 aliphatic carbocycles. The van der Waals surface area contributed by atoms with Crippen LogP contribution in [0.2, 0.25) is 5.02 Å². The molecule has 2 amide bonds. The molecule has 0 bridgehead atoms. The Morgan fingerprint density at radius 3 is 2.50 bits per heavy atom. The molecule has 0 unspecified atom stereocenters. The van der Waals surface area contributed by atoms with Crippen LogP contribution in [0.1, 0.15) is 52.2 Å².